The predicted octanol–water partition coefficient (Wildman–Crippen LogP) is 5.72. The lowest BCUT2D eigenvalue weighted by molar-refractivity contribution is -0.139. The fourth-order valence-electron chi connectivity index (χ4n) is 3.10. The number of benzene rings is 2. The molecule has 1 aliphatic rings. The normalized spacial score (nSPS) is 15.1. The molecule has 0 amide bonds. The zero-order valence-electron chi connectivity index (χ0n) is 14.5. The molecule has 0 bridgehead atoms. The lowest BCUT2D eigenvalue weighted by Gasteiger charge is -2.19. The summed E-state index contributed by atoms with van der Waals surface area (Å²) in [6.07, 6.45) is 8.43. The number of rotatable bonds is 5. The number of allylic oxidation sites excluding steroid dienone is 1. The minimum absolute atomic E-state index is 0.00873. The molecule has 3 nitrogen and oxygen atoms in total. The van der Waals surface area contributed by atoms with Crippen LogP contribution in [-0.2, 0) is 4.79 Å². The average molecular weight is 369 g/mol. The molecule has 3 rings (SSSR count). The Morgan fingerprint density at radius 2 is 1.73 bits per heavy atom. The van der Waals surface area contributed by atoms with Gasteiger partial charge in [-0.25, -0.2) is 0 Å². The van der Waals surface area contributed by atoms with Gasteiger partial charge in [0, 0.05) is 10.6 Å². The molecule has 1 aliphatic carbocycles. The summed E-state index contributed by atoms with van der Waals surface area (Å²) in [5.74, 6) is 0.269. The van der Waals surface area contributed by atoms with Crippen LogP contribution in [0.4, 0.5) is 0 Å². The van der Waals surface area contributed by atoms with E-state index >= 15 is 0 Å². The molecule has 0 saturated heterocycles. The van der Waals surface area contributed by atoms with Crippen molar-refractivity contribution in [1.82, 2.24) is 0 Å². The Bertz CT molecular complexity index is 802. The van der Waals surface area contributed by atoms with Crippen molar-refractivity contribution in [3.05, 3.63) is 70.8 Å². The van der Waals surface area contributed by atoms with Crippen molar-refractivity contribution in [2.75, 3.05) is 0 Å². The van der Waals surface area contributed by atoms with Crippen molar-refractivity contribution in [2.45, 2.75) is 32.1 Å². The molecule has 0 radical (unpaired) electrons. The maximum Gasteiger partial charge on any atom is 0.314 e. The number of hydrogen-bond acceptors (Lipinski definition) is 3. The first-order chi connectivity index (χ1) is 12.6. The van der Waals surface area contributed by atoms with Gasteiger partial charge in [0.05, 0.1) is 5.92 Å². The first-order valence-electron chi connectivity index (χ1n) is 8.91. The summed E-state index contributed by atoms with van der Waals surface area (Å²) in [6.45, 7) is 0. The molecule has 0 heterocycles. The van der Waals surface area contributed by atoms with Crippen LogP contribution in [-0.4, -0.2) is 11.8 Å². The summed E-state index contributed by atoms with van der Waals surface area (Å²) in [5.41, 5.74) is 1.38. The van der Waals surface area contributed by atoms with Gasteiger partial charge in [-0.2, -0.15) is 0 Å². The maximum absolute atomic E-state index is 12.3. The molecule has 0 aromatic heterocycles. The molecule has 2 aromatic rings. The average Bonchev–Trinajstić information content (AvgIpc) is 2.67. The Morgan fingerprint density at radius 3 is 2.46 bits per heavy atom. The van der Waals surface area contributed by atoms with E-state index in [9.17, 15) is 9.59 Å². The molecule has 134 valence electrons. The third kappa shape index (κ3) is 5.06. The van der Waals surface area contributed by atoms with Crippen LogP contribution in [0.3, 0.4) is 0 Å². The van der Waals surface area contributed by atoms with Crippen LogP contribution in [0.5, 0.6) is 5.75 Å². The van der Waals surface area contributed by atoms with Crippen LogP contribution < -0.4 is 4.74 Å². The molecule has 0 unspecified atom stereocenters. The minimum Gasteiger partial charge on any atom is -0.426 e. The maximum atomic E-state index is 12.3. The molecule has 26 heavy (non-hydrogen) atoms. The summed E-state index contributed by atoms with van der Waals surface area (Å²) in [7, 11) is 0. The molecule has 0 spiro atoms. The first kappa shape index (κ1) is 18.4. The highest BCUT2D eigenvalue weighted by Crippen LogP contribution is 2.26. The van der Waals surface area contributed by atoms with Crippen LogP contribution in [0.2, 0.25) is 5.02 Å². The quantitative estimate of drug-likeness (QED) is 0.293. The summed E-state index contributed by atoms with van der Waals surface area (Å²) in [6, 6.07) is 14.0. The molecule has 4 heteroatoms. The highest BCUT2D eigenvalue weighted by molar-refractivity contribution is 6.30. The van der Waals surface area contributed by atoms with Crippen LogP contribution in [0, 0.1) is 5.92 Å². The van der Waals surface area contributed by atoms with Gasteiger partial charge in [-0.05, 0) is 60.9 Å². The molecule has 1 fully saturated rings. The van der Waals surface area contributed by atoms with E-state index in [1.54, 1.807) is 42.5 Å². The van der Waals surface area contributed by atoms with Crippen LogP contribution in [0.1, 0.15) is 48.0 Å². The second-order valence-electron chi connectivity index (χ2n) is 6.53. The zero-order valence-corrected chi connectivity index (χ0v) is 15.2. The Hall–Kier alpha value is -2.39. The van der Waals surface area contributed by atoms with E-state index < -0.39 is 0 Å². The Morgan fingerprint density at radius 1 is 1.00 bits per heavy atom. The lowest BCUT2D eigenvalue weighted by Crippen LogP contribution is -2.22. The standard InChI is InChI=1S/C22H21ClO3/c23-19-12-10-17(11-13-19)21(24)14-9-16-5-4-8-20(15-16)26-22(25)18-6-2-1-3-7-18/h4-5,8-15,18H,1-3,6-7H2/b14-9+. The van der Waals surface area contributed by atoms with Gasteiger partial charge in [-0.3, -0.25) is 9.59 Å². The van der Waals surface area contributed by atoms with Gasteiger partial charge in [0.1, 0.15) is 5.75 Å². The van der Waals surface area contributed by atoms with Gasteiger partial charge in [0.15, 0.2) is 5.78 Å². The summed E-state index contributed by atoms with van der Waals surface area (Å²) in [4.78, 5) is 24.4. The number of carbonyl (C=O) groups is 2. The Labute approximate surface area is 158 Å². The van der Waals surface area contributed by atoms with Gasteiger partial charge in [-0.1, -0.05) is 49.1 Å². The fourth-order valence-corrected chi connectivity index (χ4v) is 3.23. The molecule has 0 N–H and O–H groups in total. The van der Waals surface area contributed by atoms with Crippen LogP contribution >= 0.6 is 11.6 Å². The van der Waals surface area contributed by atoms with Gasteiger partial charge in [0.25, 0.3) is 0 Å². The van der Waals surface area contributed by atoms with Gasteiger partial charge >= 0.3 is 5.97 Å². The van der Waals surface area contributed by atoms with E-state index in [0.29, 0.717) is 16.3 Å². The molecular formula is C22H21ClO3. The SMILES string of the molecule is O=C(/C=C/c1cccc(OC(=O)C2CCCCC2)c1)c1ccc(Cl)cc1. The van der Waals surface area contributed by atoms with Gasteiger partial charge in [-0.15, -0.1) is 0 Å². The van der Waals surface area contributed by atoms with E-state index in [-0.39, 0.29) is 17.7 Å². The van der Waals surface area contributed by atoms with E-state index in [4.69, 9.17) is 16.3 Å². The largest absolute Gasteiger partial charge is 0.426 e. The third-order valence-electron chi connectivity index (χ3n) is 4.57. The van der Waals surface area contributed by atoms with E-state index in [1.165, 1.54) is 12.5 Å². The predicted molar refractivity (Wildman–Crippen MR) is 103 cm³/mol. The highest BCUT2D eigenvalue weighted by atomic mass is 35.5. The van der Waals surface area contributed by atoms with Crippen molar-refractivity contribution in [3.8, 4) is 5.75 Å². The van der Waals surface area contributed by atoms with Crippen molar-refractivity contribution < 1.29 is 14.3 Å². The van der Waals surface area contributed by atoms with Crippen molar-refractivity contribution in [3.63, 3.8) is 0 Å². The van der Waals surface area contributed by atoms with Crippen LogP contribution in [0.15, 0.2) is 54.6 Å². The summed E-state index contributed by atoms with van der Waals surface area (Å²) in [5, 5.41) is 0.595. The van der Waals surface area contributed by atoms with E-state index in [0.717, 1.165) is 31.2 Å². The highest BCUT2D eigenvalue weighted by Gasteiger charge is 2.22. The number of ether oxygens (including phenoxy) is 1. The number of ketones is 1. The Balaban J connectivity index is 1.64. The molecule has 2 aromatic carbocycles. The van der Waals surface area contributed by atoms with Crippen molar-refractivity contribution >= 4 is 29.4 Å². The van der Waals surface area contributed by atoms with Crippen molar-refractivity contribution in [2.24, 2.45) is 5.92 Å². The molecule has 0 atom stereocenters. The molecule has 0 aliphatic heterocycles. The number of esters is 1. The zero-order chi connectivity index (χ0) is 18.4. The summed E-state index contributed by atoms with van der Waals surface area (Å²) < 4.78 is 5.53. The second kappa shape index (κ2) is 8.81. The summed E-state index contributed by atoms with van der Waals surface area (Å²) >= 11 is 5.83. The topological polar surface area (TPSA) is 43.4 Å². The second-order valence-corrected chi connectivity index (χ2v) is 6.97. The van der Waals surface area contributed by atoms with E-state index in [1.807, 2.05) is 12.1 Å². The Kier molecular flexibility index (Phi) is 6.24. The van der Waals surface area contributed by atoms with Crippen LogP contribution in [0.25, 0.3) is 6.08 Å². The first-order valence-corrected chi connectivity index (χ1v) is 9.29. The molecular weight excluding hydrogens is 348 g/mol. The number of carbonyl (C=O) groups excluding carboxylic acids is 2. The van der Waals surface area contributed by atoms with Crippen molar-refractivity contribution in [1.29, 1.82) is 0 Å². The monoisotopic (exact) mass is 368 g/mol. The van der Waals surface area contributed by atoms with E-state index in [2.05, 4.69) is 0 Å². The van der Waals surface area contributed by atoms with Gasteiger partial charge in [0.2, 0.25) is 0 Å². The molecule has 1 saturated carbocycles. The minimum atomic E-state index is -0.150. The third-order valence-corrected chi connectivity index (χ3v) is 4.82. The lowest BCUT2D eigenvalue weighted by atomic mass is 9.89. The van der Waals surface area contributed by atoms with Gasteiger partial charge < -0.3 is 4.74 Å². The number of hydrogen-bond donors (Lipinski definition) is 0. The fraction of sp³-hybridized carbons (Fsp3) is 0.273. The number of halogens is 1. The smallest absolute Gasteiger partial charge is 0.314 e.